The molecular weight excluding hydrogens is 214 g/mol. The quantitative estimate of drug-likeness (QED) is 0.757. The molecular formula is C13H13N3O. The van der Waals surface area contributed by atoms with Gasteiger partial charge in [-0.15, -0.1) is 0 Å². The molecule has 0 spiro atoms. The van der Waals surface area contributed by atoms with Crippen molar-refractivity contribution < 1.29 is 4.74 Å². The molecule has 0 atom stereocenters. The number of aliphatic imine (C=N–C) groups is 1. The molecule has 4 nitrogen and oxygen atoms in total. The Morgan fingerprint density at radius 1 is 1.24 bits per heavy atom. The molecule has 2 rings (SSSR count). The minimum absolute atomic E-state index is 0.580. The van der Waals surface area contributed by atoms with Crippen molar-refractivity contribution in [2.75, 3.05) is 7.11 Å². The average molecular weight is 227 g/mol. The van der Waals surface area contributed by atoms with Crippen molar-refractivity contribution in [1.29, 1.82) is 0 Å². The van der Waals surface area contributed by atoms with Crippen LogP contribution in [-0.2, 0) is 0 Å². The van der Waals surface area contributed by atoms with Crippen molar-refractivity contribution >= 4 is 11.9 Å². The number of nitrogens with zero attached hydrogens (tertiary/aromatic N) is 3. The van der Waals surface area contributed by atoms with Crippen LogP contribution in [0.2, 0.25) is 0 Å². The summed E-state index contributed by atoms with van der Waals surface area (Å²) in [6.45, 7) is 2.01. The maximum Gasteiger partial charge on any atom is 0.170 e. The van der Waals surface area contributed by atoms with Gasteiger partial charge in [0.2, 0.25) is 0 Å². The van der Waals surface area contributed by atoms with Gasteiger partial charge >= 0.3 is 0 Å². The summed E-state index contributed by atoms with van der Waals surface area (Å²) < 4.78 is 5.23. The summed E-state index contributed by atoms with van der Waals surface area (Å²) in [5.74, 6) is 1.32. The molecule has 86 valence electrons. The first kappa shape index (κ1) is 11.3. The number of methoxy groups -OCH3 is 1. The topological polar surface area (TPSA) is 47.4 Å². The zero-order valence-corrected chi connectivity index (χ0v) is 9.79. The smallest absolute Gasteiger partial charge is 0.170 e. The molecule has 0 aliphatic carbocycles. The molecule has 17 heavy (non-hydrogen) atoms. The molecule has 0 radical (unpaired) electrons. The SMILES string of the molecule is COc1ccc(C)cc1/N=C/c1ncccn1. The molecule has 0 saturated carbocycles. The number of hydrogen-bond donors (Lipinski definition) is 0. The Bertz CT molecular complexity index is 523. The second kappa shape index (κ2) is 5.21. The molecule has 0 N–H and O–H groups in total. The first-order valence-corrected chi connectivity index (χ1v) is 5.25. The third kappa shape index (κ3) is 2.87. The van der Waals surface area contributed by atoms with Gasteiger partial charge in [-0.1, -0.05) is 6.07 Å². The summed E-state index contributed by atoms with van der Waals surface area (Å²) >= 11 is 0. The van der Waals surface area contributed by atoms with Crippen LogP contribution in [0.5, 0.6) is 5.75 Å². The predicted molar refractivity (Wildman–Crippen MR) is 67.0 cm³/mol. The summed E-state index contributed by atoms with van der Waals surface area (Å²) in [6.07, 6.45) is 4.99. The normalized spacial score (nSPS) is 10.7. The van der Waals surface area contributed by atoms with Gasteiger partial charge in [-0.25, -0.2) is 15.0 Å². The predicted octanol–water partition coefficient (Wildman–Crippen LogP) is 2.54. The van der Waals surface area contributed by atoms with Crippen molar-refractivity contribution in [2.45, 2.75) is 6.92 Å². The Hall–Kier alpha value is -2.23. The number of ether oxygens (including phenoxy) is 1. The van der Waals surface area contributed by atoms with E-state index in [2.05, 4.69) is 15.0 Å². The lowest BCUT2D eigenvalue weighted by atomic mass is 10.2. The van der Waals surface area contributed by atoms with Crippen molar-refractivity contribution in [3.05, 3.63) is 48.0 Å². The lowest BCUT2D eigenvalue weighted by Gasteiger charge is -2.04. The van der Waals surface area contributed by atoms with E-state index in [0.29, 0.717) is 5.82 Å². The van der Waals surface area contributed by atoms with Crippen LogP contribution in [-0.4, -0.2) is 23.3 Å². The third-order valence-electron chi connectivity index (χ3n) is 2.24. The van der Waals surface area contributed by atoms with Gasteiger partial charge in [0.25, 0.3) is 0 Å². The fourth-order valence-electron chi connectivity index (χ4n) is 1.41. The fourth-order valence-corrected chi connectivity index (χ4v) is 1.41. The second-order valence-electron chi connectivity index (χ2n) is 3.54. The third-order valence-corrected chi connectivity index (χ3v) is 2.24. The van der Waals surface area contributed by atoms with Gasteiger partial charge in [0.1, 0.15) is 11.4 Å². The fraction of sp³-hybridized carbons (Fsp3) is 0.154. The standard InChI is InChI=1S/C13H13N3O/c1-10-4-5-12(17-2)11(8-10)16-9-13-14-6-3-7-15-13/h3-9H,1-2H3/b16-9+. The van der Waals surface area contributed by atoms with Crippen LogP contribution in [0.25, 0.3) is 0 Å². The molecule has 0 unspecified atom stereocenters. The number of aryl methyl sites for hydroxylation is 1. The monoisotopic (exact) mass is 227 g/mol. The van der Waals surface area contributed by atoms with Crippen molar-refractivity contribution in [3.63, 3.8) is 0 Å². The number of rotatable bonds is 3. The van der Waals surface area contributed by atoms with Crippen molar-refractivity contribution in [2.24, 2.45) is 4.99 Å². The van der Waals surface area contributed by atoms with Gasteiger partial charge in [-0.3, -0.25) is 0 Å². The molecule has 1 heterocycles. The van der Waals surface area contributed by atoms with Crippen LogP contribution in [0.1, 0.15) is 11.4 Å². The van der Waals surface area contributed by atoms with Gasteiger partial charge < -0.3 is 4.74 Å². The summed E-state index contributed by atoms with van der Waals surface area (Å²) in [7, 11) is 1.63. The van der Waals surface area contributed by atoms with Gasteiger partial charge in [0.15, 0.2) is 5.82 Å². The van der Waals surface area contributed by atoms with E-state index >= 15 is 0 Å². The summed E-state index contributed by atoms with van der Waals surface area (Å²) in [5, 5.41) is 0. The molecule has 0 amide bonds. The van der Waals surface area contributed by atoms with Gasteiger partial charge in [-0.2, -0.15) is 0 Å². The largest absolute Gasteiger partial charge is 0.494 e. The molecule has 2 aromatic rings. The van der Waals surface area contributed by atoms with Gasteiger partial charge in [0, 0.05) is 12.4 Å². The van der Waals surface area contributed by atoms with E-state index in [1.165, 1.54) is 0 Å². The van der Waals surface area contributed by atoms with E-state index in [1.807, 2.05) is 25.1 Å². The van der Waals surface area contributed by atoms with Crippen LogP contribution in [0.4, 0.5) is 5.69 Å². The molecule has 4 heteroatoms. The Labute approximate surface area is 100 Å². The number of benzene rings is 1. The van der Waals surface area contributed by atoms with Crippen molar-refractivity contribution in [1.82, 2.24) is 9.97 Å². The van der Waals surface area contributed by atoms with E-state index in [-0.39, 0.29) is 0 Å². The van der Waals surface area contributed by atoms with Crippen LogP contribution < -0.4 is 4.74 Å². The maximum atomic E-state index is 5.23. The summed E-state index contributed by atoms with van der Waals surface area (Å²) in [5.41, 5.74) is 1.91. The van der Waals surface area contributed by atoms with Crippen LogP contribution in [0.15, 0.2) is 41.7 Å². The molecule has 1 aromatic heterocycles. The lowest BCUT2D eigenvalue weighted by molar-refractivity contribution is 0.416. The zero-order chi connectivity index (χ0) is 12.1. The molecule has 0 aliphatic heterocycles. The highest BCUT2D eigenvalue weighted by Crippen LogP contribution is 2.27. The highest BCUT2D eigenvalue weighted by molar-refractivity contribution is 5.78. The zero-order valence-electron chi connectivity index (χ0n) is 9.79. The van der Waals surface area contributed by atoms with E-state index < -0.39 is 0 Å². The molecule has 0 saturated heterocycles. The number of hydrogen-bond acceptors (Lipinski definition) is 4. The maximum absolute atomic E-state index is 5.23. The van der Waals surface area contributed by atoms with Crippen LogP contribution >= 0.6 is 0 Å². The Kier molecular flexibility index (Phi) is 3.45. The van der Waals surface area contributed by atoms with E-state index in [0.717, 1.165) is 17.0 Å². The minimum Gasteiger partial charge on any atom is -0.494 e. The molecule has 1 aromatic carbocycles. The van der Waals surface area contributed by atoms with Crippen molar-refractivity contribution in [3.8, 4) is 5.75 Å². The van der Waals surface area contributed by atoms with Crippen LogP contribution in [0, 0.1) is 6.92 Å². The molecule has 0 aliphatic rings. The Morgan fingerprint density at radius 3 is 2.71 bits per heavy atom. The average Bonchev–Trinajstić information content (AvgIpc) is 2.38. The van der Waals surface area contributed by atoms with E-state index in [9.17, 15) is 0 Å². The van der Waals surface area contributed by atoms with E-state index in [1.54, 1.807) is 31.8 Å². The van der Waals surface area contributed by atoms with E-state index in [4.69, 9.17) is 4.74 Å². The summed E-state index contributed by atoms with van der Waals surface area (Å²) in [6, 6.07) is 7.60. The lowest BCUT2D eigenvalue weighted by Crippen LogP contribution is -1.90. The van der Waals surface area contributed by atoms with Gasteiger partial charge in [-0.05, 0) is 30.7 Å². The van der Waals surface area contributed by atoms with Crippen LogP contribution in [0.3, 0.4) is 0 Å². The van der Waals surface area contributed by atoms with Gasteiger partial charge in [0.05, 0.1) is 13.3 Å². The summed E-state index contributed by atoms with van der Waals surface area (Å²) in [4.78, 5) is 12.5. The highest BCUT2D eigenvalue weighted by Gasteiger charge is 2.00. The number of aromatic nitrogens is 2. The highest BCUT2D eigenvalue weighted by atomic mass is 16.5. The Morgan fingerprint density at radius 2 is 2.00 bits per heavy atom. The first-order chi connectivity index (χ1) is 8.29. The second-order valence-corrected chi connectivity index (χ2v) is 3.54. The minimum atomic E-state index is 0.580. The molecule has 0 bridgehead atoms. The molecule has 0 fully saturated rings. The first-order valence-electron chi connectivity index (χ1n) is 5.25. The Balaban J connectivity index is 2.29.